The van der Waals surface area contributed by atoms with Crippen molar-refractivity contribution < 1.29 is 34.8 Å². The van der Waals surface area contributed by atoms with Gasteiger partial charge in [0, 0.05) is 29.4 Å². The molecule has 0 radical (unpaired) electrons. The summed E-state index contributed by atoms with van der Waals surface area (Å²) < 4.78 is 4.59. The van der Waals surface area contributed by atoms with Gasteiger partial charge in [-0.05, 0) is 35.4 Å². The van der Waals surface area contributed by atoms with E-state index in [1.165, 1.54) is 13.2 Å². The molecule has 9 nitrogen and oxygen atoms in total. The predicted molar refractivity (Wildman–Crippen MR) is 105 cm³/mol. The van der Waals surface area contributed by atoms with Crippen LogP contribution < -0.4 is 5.32 Å². The molecule has 1 aromatic heterocycles. The molecule has 9 heteroatoms. The van der Waals surface area contributed by atoms with E-state index in [-0.39, 0.29) is 24.4 Å². The van der Waals surface area contributed by atoms with Crippen LogP contribution in [0.3, 0.4) is 0 Å². The molecule has 1 heterocycles. The third kappa shape index (κ3) is 4.54. The first-order valence-corrected chi connectivity index (χ1v) is 8.78. The summed E-state index contributed by atoms with van der Waals surface area (Å²) in [7, 11) is 2.90. The van der Waals surface area contributed by atoms with Gasteiger partial charge >= 0.3 is 11.9 Å². The maximum absolute atomic E-state index is 11.8. The standard InChI is InChI=1S/C20H24N2O7/c1-21-7-16-18(12-4-3-11(8-23)14(9-24)15(12)10-25)13(5-6-17(26)29-2)19(22-16)20(27)28/h3-6,21-25H,7-10H2,1-2H3,(H,27,28)/b6-5+. The van der Waals surface area contributed by atoms with Gasteiger partial charge < -0.3 is 35.5 Å². The number of ether oxygens (including phenoxy) is 1. The lowest BCUT2D eigenvalue weighted by atomic mass is 9.90. The molecule has 2 rings (SSSR count). The summed E-state index contributed by atoms with van der Waals surface area (Å²) in [6, 6.07) is 3.24. The number of carbonyl (C=O) groups excluding carboxylic acids is 1. The molecule has 2 aromatic rings. The maximum atomic E-state index is 11.8. The SMILES string of the molecule is CNCc1[nH]c(C(=O)O)c(/C=C/C(=O)OC)c1-c1ccc(CO)c(CO)c1CO. The van der Waals surface area contributed by atoms with E-state index in [9.17, 15) is 30.0 Å². The van der Waals surface area contributed by atoms with Crippen molar-refractivity contribution in [3.8, 4) is 11.1 Å². The van der Waals surface area contributed by atoms with E-state index in [0.717, 1.165) is 6.08 Å². The van der Waals surface area contributed by atoms with Crippen LogP contribution in [0.5, 0.6) is 0 Å². The first-order valence-electron chi connectivity index (χ1n) is 8.78. The molecule has 0 fully saturated rings. The third-order valence-corrected chi connectivity index (χ3v) is 4.56. The van der Waals surface area contributed by atoms with Crippen LogP contribution in [0.25, 0.3) is 17.2 Å². The predicted octanol–water partition coefficient (Wildman–Crippen LogP) is 0.762. The summed E-state index contributed by atoms with van der Waals surface area (Å²) >= 11 is 0. The summed E-state index contributed by atoms with van der Waals surface area (Å²) in [6.45, 7) is -0.895. The number of benzene rings is 1. The molecule has 0 unspecified atom stereocenters. The average Bonchev–Trinajstić information content (AvgIpc) is 3.09. The van der Waals surface area contributed by atoms with Crippen LogP contribution >= 0.6 is 0 Å². The topological polar surface area (TPSA) is 152 Å². The number of carbonyl (C=O) groups is 2. The van der Waals surface area contributed by atoms with E-state index in [1.807, 2.05) is 0 Å². The Bertz CT molecular complexity index is 931. The maximum Gasteiger partial charge on any atom is 0.352 e. The summed E-state index contributed by atoms with van der Waals surface area (Å²) in [5, 5.41) is 41.8. The van der Waals surface area contributed by atoms with Gasteiger partial charge in [0.1, 0.15) is 5.69 Å². The van der Waals surface area contributed by atoms with Crippen LogP contribution in [0.1, 0.15) is 38.4 Å². The lowest BCUT2D eigenvalue weighted by Gasteiger charge is -2.17. The normalized spacial score (nSPS) is 11.2. The summed E-state index contributed by atoms with van der Waals surface area (Å²) in [6.07, 6.45) is 2.44. The number of aromatic nitrogens is 1. The fourth-order valence-electron chi connectivity index (χ4n) is 3.24. The largest absolute Gasteiger partial charge is 0.477 e. The number of aliphatic hydroxyl groups excluding tert-OH is 3. The van der Waals surface area contributed by atoms with E-state index in [2.05, 4.69) is 15.0 Å². The van der Waals surface area contributed by atoms with Gasteiger partial charge in [0.2, 0.25) is 0 Å². The number of aromatic carboxylic acids is 1. The summed E-state index contributed by atoms with van der Waals surface area (Å²) in [4.78, 5) is 26.2. The summed E-state index contributed by atoms with van der Waals surface area (Å²) in [5.74, 6) is -1.88. The number of hydrogen-bond acceptors (Lipinski definition) is 7. The quantitative estimate of drug-likeness (QED) is 0.265. The fraction of sp³-hybridized carbons (Fsp3) is 0.300. The van der Waals surface area contributed by atoms with Crippen LogP contribution in [-0.2, 0) is 35.9 Å². The molecule has 29 heavy (non-hydrogen) atoms. The highest BCUT2D eigenvalue weighted by Crippen LogP contribution is 2.36. The molecule has 1 aromatic carbocycles. The minimum Gasteiger partial charge on any atom is -0.477 e. The first-order chi connectivity index (χ1) is 13.9. The number of hydrogen-bond donors (Lipinski definition) is 6. The second kappa shape index (κ2) is 9.99. The molecule has 156 valence electrons. The number of esters is 1. The molecule has 0 saturated heterocycles. The summed E-state index contributed by atoms with van der Waals surface area (Å²) in [5.41, 5.74) is 2.73. The van der Waals surface area contributed by atoms with E-state index in [4.69, 9.17) is 0 Å². The zero-order chi connectivity index (χ0) is 21.6. The molecule has 0 spiro atoms. The number of carboxylic acids is 1. The van der Waals surface area contributed by atoms with Crippen molar-refractivity contribution in [1.82, 2.24) is 10.3 Å². The Labute approximate surface area is 167 Å². The van der Waals surface area contributed by atoms with Crippen molar-refractivity contribution in [2.45, 2.75) is 26.4 Å². The second-order valence-electron chi connectivity index (χ2n) is 6.16. The van der Waals surface area contributed by atoms with Gasteiger partial charge in [-0.15, -0.1) is 0 Å². The lowest BCUT2D eigenvalue weighted by molar-refractivity contribution is -0.134. The number of aromatic amines is 1. The van der Waals surface area contributed by atoms with E-state index < -0.39 is 25.2 Å². The minimum absolute atomic E-state index is 0.133. The molecule has 0 atom stereocenters. The zero-order valence-electron chi connectivity index (χ0n) is 16.2. The monoisotopic (exact) mass is 404 g/mol. The molecule has 6 N–H and O–H groups in total. The van der Waals surface area contributed by atoms with E-state index in [1.54, 1.807) is 19.2 Å². The van der Waals surface area contributed by atoms with Gasteiger partial charge in [0.05, 0.1) is 26.9 Å². The Hall–Kier alpha value is -2.98. The van der Waals surface area contributed by atoms with Crippen molar-refractivity contribution in [3.05, 3.63) is 51.9 Å². The number of aliphatic hydroxyl groups is 3. The molecule has 0 aliphatic carbocycles. The van der Waals surface area contributed by atoms with Gasteiger partial charge in [-0.1, -0.05) is 12.1 Å². The Kier molecular flexibility index (Phi) is 7.68. The van der Waals surface area contributed by atoms with Crippen molar-refractivity contribution in [2.24, 2.45) is 0 Å². The van der Waals surface area contributed by atoms with Gasteiger partial charge in [-0.25, -0.2) is 9.59 Å². The average molecular weight is 404 g/mol. The molecular weight excluding hydrogens is 380 g/mol. The molecule has 0 amide bonds. The molecule has 0 bridgehead atoms. The first kappa shape index (κ1) is 22.3. The minimum atomic E-state index is -1.22. The molecule has 0 saturated carbocycles. The van der Waals surface area contributed by atoms with Gasteiger partial charge in [-0.2, -0.15) is 0 Å². The van der Waals surface area contributed by atoms with E-state index >= 15 is 0 Å². The molecule has 0 aliphatic rings. The number of nitrogens with one attached hydrogen (secondary N) is 2. The van der Waals surface area contributed by atoms with Crippen molar-refractivity contribution in [3.63, 3.8) is 0 Å². The Morgan fingerprint density at radius 2 is 1.83 bits per heavy atom. The van der Waals surface area contributed by atoms with Crippen LogP contribution in [0, 0.1) is 0 Å². The Morgan fingerprint density at radius 3 is 2.34 bits per heavy atom. The highest BCUT2D eigenvalue weighted by atomic mass is 16.5. The van der Waals surface area contributed by atoms with Crippen LogP contribution in [0.2, 0.25) is 0 Å². The fourth-order valence-corrected chi connectivity index (χ4v) is 3.24. The van der Waals surface area contributed by atoms with Crippen LogP contribution in [-0.4, -0.2) is 51.5 Å². The highest BCUT2D eigenvalue weighted by molar-refractivity contribution is 5.99. The third-order valence-electron chi connectivity index (χ3n) is 4.56. The number of methoxy groups -OCH3 is 1. The van der Waals surface area contributed by atoms with Crippen LogP contribution in [0.15, 0.2) is 18.2 Å². The zero-order valence-corrected chi connectivity index (χ0v) is 16.2. The van der Waals surface area contributed by atoms with Crippen LogP contribution in [0.4, 0.5) is 0 Å². The highest BCUT2D eigenvalue weighted by Gasteiger charge is 2.24. The number of carboxylic acid groups (broad SMARTS) is 1. The van der Waals surface area contributed by atoms with Crippen molar-refractivity contribution in [1.29, 1.82) is 0 Å². The van der Waals surface area contributed by atoms with Gasteiger partial charge in [0.25, 0.3) is 0 Å². The lowest BCUT2D eigenvalue weighted by Crippen LogP contribution is -2.08. The second-order valence-corrected chi connectivity index (χ2v) is 6.16. The van der Waals surface area contributed by atoms with Crippen molar-refractivity contribution >= 4 is 18.0 Å². The van der Waals surface area contributed by atoms with Gasteiger partial charge in [-0.3, -0.25) is 0 Å². The number of H-pyrrole nitrogens is 1. The Balaban J connectivity index is 2.88. The van der Waals surface area contributed by atoms with Crippen molar-refractivity contribution in [2.75, 3.05) is 14.2 Å². The van der Waals surface area contributed by atoms with E-state index in [0.29, 0.717) is 33.5 Å². The van der Waals surface area contributed by atoms with Gasteiger partial charge in [0.15, 0.2) is 0 Å². The Morgan fingerprint density at radius 1 is 1.14 bits per heavy atom. The molecule has 0 aliphatic heterocycles. The smallest absolute Gasteiger partial charge is 0.352 e. The number of rotatable bonds is 9. The molecular formula is C20H24N2O7.